The Balaban J connectivity index is 0.000000270. The second-order valence-corrected chi connectivity index (χ2v) is 15.8. The summed E-state index contributed by atoms with van der Waals surface area (Å²) >= 11 is 1.82. The fourth-order valence-corrected chi connectivity index (χ4v) is 9.15. The van der Waals surface area contributed by atoms with Gasteiger partial charge in [0, 0.05) is 43.8 Å². The second-order valence-electron chi connectivity index (χ2n) is 14.3. The molecule has 0 N–H and O–H groups in total. The van der Waals surface area contributed by atoms with Gasteiger partial charge in [0.15, 0.2) is 6.23 Å². The zero-order valence-electron chi connectivity index (χ0n) is 31.6. The van der Waals surface area contributed by atoms with Gasteiger partial charge in [0.2, 0.25) is 0 Å². The van der Waals surface area contributed by atoms with Crippen molar-refractivity contribution in [2.45, 2.75) is 123 Å². The first-order valence-electron chi connectivity index (χ1n) is 19.0. The van der Waals surface area contributed by atoms with E-state index in [-0.39, 0.29) is 60.8 Å². The van der Waals surface area contributed by atoms with Crippen molar-refractivity contribution in [2.24, 2.45) is 40.0 Å². The van der Waals surface area contributed by atoms with Crippen LogP contribution in [0.4, 0.5) is 0 Å². The molecular weight excluding hydrogens is 727 g/mol. The first kappa shape index (κ1) is 27.2. The molecular formula is C37H53IrN3OS-4. The van der Waals surface area contributed by atoms with Gasteiger partial charge in [-0.25, -0.2) is 12.0 Å². The molecule has 4 unspecified atom stereocenters. The number of ether oxygens (including phenoxy) is 1. The van der Waals surface area contributed by atoms with Gasteiger partial charge in [0.25, 0.3) is 0 Å². The summed E-state index contributed by atoms with van der Waals surface area (Å²) in [6.45, 7) is 9.90. The van der Waals surface area contributed by atoms with Crippen LogP contribution in [0.15, 0.2) is 44.7 Å². The van der Waals surface area contributed by atoms with Crippen molar-refractivity contribution < 1.29 is 31.7 Å². The van der Waals surface area contributed by atoms with E-state index in [4.69, 9.17) is 16.9 Å². The second kappa shape index (κ2) is 14.2. The van der Waals surface area contributed by atoms with Crippen LogP contribution in [-0.4, -0.2) is 36.3 Å². The van der Waals surface area contributed by atoms with Gasteiger partial charge in [-0.3, -0.25) is 11.1 Å². The molecule has 1 radical (unpaired) electrons. The minimum atomic E-state index is -2.16. The van der Waals surface area contributed by atoms with E-state index in [1.807, 2.05) is 32.5 Å². The van der Waals surface area contributed by atoms with Gasteiger partial charge in [0.05, 0.1) is 0 Å². The van der Waals surface area contributed by atoms with Crippen molar-refractivity contribution in [1.82, 2.24) is 0 Å². The Morgan fingerprint density at radius 3 is 2.79 bits per heavy atom. The van der Waals surface area contributed by atoms with Gasteiger partial charge in [-0.1, -0.05) is 78.7 Å². The number of rotatable bonds is 3. The summed E-state index contributed by atoms with van der Waals surface area (Å²) in [5, 5.41) is 9.82. The minimum absolute atomic E-state index is 0. The Bertz CT molecular complexity index is 1350. The van der Waals surface area contributed by atoms with Crippen molar-refractivity contribution in [2.75, 3.05) is 13.1 Å². The third kappa shape index (κ3) is 7.55. The van der Waals surface area contributed by atoms with Crippen LogP contribution in [0.3, 0.4) is 0 Å². The van der Waals surface area contributed by atoms with Crippen LogP contribution >= 0.6 is 11.8 Å². The zero-order chi connectivity index (χ0) is 33.7. The van der Waals surface area contributed by atoms with Crippen molar-refractivity contribution in [3.63, 3.8) is 0 Å². The van der Waals surface area contributed by atoms with Gasteiger partial charge in [-0.15, -0.1) is 43.7 Å². The molecule has 6 heteroatoms. The third-order valence-electron chi connectivity index (χ3n) is 9.78. The number of fused-ring (bicyclic) bond motifs is 4. The molecule has 0 spiro atoms. The molecule has 7 rings (SSSR count). The largest absolute Gasteiger partial charge is 0.769 e. The van der Waals surface area contributed by atoms with E-state index in [0.29, 0.717) is 13.0 Å². The Hall–Kier alpha value is -0.941. The van der Waals surface area contributed by atoms with Gasteiger partial charge >= 0.3 is 0 Å². The number of hydrogen-bond donors (Lipinski definition) is 0. The summed E-state index contributed by atoms with van der Waals surface area (Å²) in [5.74, 6) is 2.02. The first-order valence-corrected chi connectivity index (χ1v) is 17.4. The quantitative estimate of drug-likeness (QED) is 0.268. The van der Waals surface area contributed by atoms with Gasteiger partial charge in [0.1, 0.15) is 0 Å². The standard InChI is InChI=1S/C25H36N2OS.C12H17N.Ir/c1-14-9-10-17-16-7-6-8-18(23(16)28-24(17)27-14)22-21-19(13-25(3,4)5)15(2)29-20(21)11-12-26-22;1-10-7-8-12(13-9-10)11-5-3-2-4-6-11;/h8,11,15-17,19,21-22,24H,6-7,9-10,12-13H2,1-5H3;8,10H,2-5,7,9H2,1H3;/q2*-2;/t15-,16+,17?,19?,21+,22?,24?;10-;/m10./s1/i1D3,13D2;;. The third-order valence-corrected chi connectivity index (χ3v) is 11.2. The molecule has 4 nitrogen and oxygen atoms in total. The molecule has 8 atom stereocenters. The molecule has 241 valence electrons. The number of hydrogen-bond acceptors (Lipinski definition) is 3. The predicted molar refractivity (Wildman–Crippen MR) is 178 cm³/mol. The molecule has 0 aromatic rings. The van der Waals surface area contributed by atoms with Gasteiger partial charge < -0.3 is 21.1 Å². The summed E-state index contributed by atoms with van der Waals surface area (Å²) in [6.07, 6.45) is 17.8. The summed E-state index contributed by atoms with van der Waals surface area (Å²) < 4.78 is 48.1. The molecule has 0 bridgehead atoms. The molecule has 2 aliphatic carbocycles. The SMILES string of the molecule is C[C@H]1CC=C(C2=[C-]CCCC2)[N-]C1.[2H]C([2H])([2H])C1=NC2OC3=C(C4[N-]CC=C5S[C@H](C)C(C([2H])([2H])C(C)(C)C)[C@@H]54)[CH-]CC[C@H]3C2CC1.[Ir]. The molecule has 0 aromatic heterocycles. The molecule has 0 aromatic carbocycles. The molecule has 2 saturated heterocycles. The van der Waals surface area contributed by atoms with E-state index in [0.717, 1.165) is 49.5 Å². The molecule has 5 heterocycles. The maximum absolute atomic E-state index is 9.15. The molecule has 0 saturated carbocycles. The maximum atomic E-state index is 9.15. The Morgan fingerprint density at radius 1 is 1.21 bits per heavy atom. The van der Waals surface area contributed by atoms with E-state index in [1.165, 1.54) is 41.9 Å². The van der Waals surface area contributed by atoms with Crippen LogP contribution in [0.1, 0.15) is 112 Å². The normalized spacial score (nSPS) is 39.1. The summed E-state index contributed by atoms with van der Waals surface area (Å²) in [7, 11) is 0. The van der Waals surface area contributed by atoms with Gasteiger partial charge in [-0.2, -0.15) is 11.6 Å². The molecule has 2 fully saturated rings. The van der Waals surface area contributed by atoms with Crippen LogP contribution in [0, 0.1) is 47.5 Å². The van der Waals surface area contributed by atoms with E-state index >= 15 is 0 Å². The Kier molecular flexibility index (Phi) is 9.00. The smallest absolute Gasteiger partial charge is 0.171 e. The van der Waals surface area contributed by atoms with E-state index in [2.05, 4.69) is 48.8 Å². The van der Waals surface area contributed by atoms with E-state index in [1.54, 1.807) is 0 Å². The fourth-order valence-electron chi connectivity index (χ4n) is 7.74. The maximum Gasteiger partial charge on any atom is 0.171 e. The number of allylic oxidation sites excluding steroid dienone is 4. The topological polar surface area (TPSA) is 49.8 Å². The van der Waals surface area contributed by atoms with Crippen molar-refractivity contribution in [3.05, 3.63) is 62.8 Å². The molecule has 43 heavy (non-hydrogen) atoms. The minimum Gasteiger partial charge on any atom is -0.769 e. The fraction of sp³-hybridized carbons (Fsp3) is 0.730. The predicted octanol–water partition coefficient (Wildman–Crippen LogP) is 10.1. The molecule has 7 aliphatic rings. The summed E-state index contributed by atoms with van der Waals surface area (Å²) in [6, 6.07) is -0.121. The Labute approximate surface area is 287 Å². The molecule has 5 aliphatic heterocycles. The average molecular weight is 785 g/mol. The van der Waals surface area contributed by atoms with Crippen LogP contribution in [0.25, 0.3) is 10.6 Å². The van der Waals surface area contributed by atoms with Crippen molar-refractivity contribution >= 4 is 17.5 Å². The van der Waals surface area contributed by atoms with Crippen LogP contribution in [0.2, 0.25) is 0 Å². The molecule has 0 amide bonds. The van der Waals surface area contributed by atoms with Crippen LogP contribution in [0.5, 0.6) is 0 Å². The average Bonchev–Trinajstić information content (AvgIpc) is 3.58. The summed E-state index contributed by atoms with van der Waals surface area (Å²) in [4.78, 5) is 5.83. The van der Waals surface area contributed by atoms with Crippen LogP contribution in [-0.2, 0) is 24.8 Å². The van der Waals surface area contributed by atoms with E-state index < -0.39 is 24.9 Å². The number of aliphatic imine (C=N–C) groups is 1. The zero-order valence-corrected chi connectivity index (χ0v) is 29.8. The Morgan fingerprint density at radius 2 is 2.07 bits per heavy atom. The van der Waals surface area contributed by atoms with Gasteiger partial charge in [-0.05, 0) is 59.9 Å². The van der Waals surface area contributed by atoms with E-state index in [9.17, 15) is 0 Å². The van der Waals surface area contributed by atoms with Crippen molar-refractivity contribution in [1.29, 1.82) is 0 Å². The van der Waals surface area contributed by atoms with Crippen molar-refractivity contribution in [3.8, 4) is 0 Å². The monoisotopic (exact) mass is 785 g/mol. The number of nitrogens with zero attached hydrogens (tertiary/aromatic N) is 3. The summed E-state index contributed by atoms with van der Waals surface area (Å²) in [5.41, 5.74) is 3.54. The number of thioether (sulfide) groups is 1. The van der Waals surface area contributed by atoms with Crippen LogP contribution < -0.4 is 0 Å². The first-order chi connectivity index (χ1) is 22.2.